The van der Waals surface area contributed by atoms with Crippen molar-refractivity contribution in [1.82, 2.24) is 89.3 Å². The van der Waals surface area contributed by atoms with E-state index in [1.54, 1.807) is 21.8 Å². The quantitative estimate of drug-likeness (QED) is 0.0769. The summed E-state index contributed by atoms with van der Waals surface area (Å²) in [7, 11) is 8.30. The predicted octanol–water partition coefficient (Wildman–Crippen LogP) is -0.922. The first-order valence-electron chi connectivity index (χ1n) is 24.3. The Morgan fingerprint density at radius 2 is 1.00 bits per heavy atom. The van der Waals surface area contributed by atoms with Crippen LogP contribution in [0.3, 0.4) is 0 Å². The molecule has 28 nitrogen and oxygen atoms in total. The van der Waals surface area contributed by atoms with Gasteiger partial charge in [0.2, 0.25) is 23.5 Å². The fourth-order valence-electron chi connectivity index (χ4n) is 10.3. The average Bonchev–Trinajstić information content (AvgIpc) is 4.22. The summed E-state index contributed by atoms with van der Waals surface area (Å²) in [5.41, 5.74) is 1.94. The number of aliphatic hydroxyl groups is 4. The van der Waals surface area contributed by atoms with Crippen LogP contribution in [0.4, 0.5) is 23.5 Å². The lowest BCUT2D eigenvalue weighted by molar-refractivity contribution is -0.0384. The van der Waals surface area contributed by atoms with Gasteiger partial charge < -0.3 is 60.1 Å². The molecular formula is C42H62N22O6. The molecule has 70 heavy (non-hydrogen) atoms. The topological polar surface area (TPSA) is 311 Å². The van der Waals surface area contributed by atoms with Gasteiger partial charge in [0.1, 0.15) is 24.4 Å². The number of anilines is 4. The Hall–Kier alpha value is -5.88. The molecule has 6 aromatic rings. The number of rotatable bonds is 14. The second kappa shape index (κ2) is 18.7. The van der Waals surface area contributed by atoms with E-state index in [9.17, 15) is 20.4 Å². The third-order valence-electron chi connectivity index (χ3n) is 14.6. The van der Waals surface area contributed by atoms with Gasteiger partial charge in [-0.15, -0.1) is 20.4 Å². The van der Waals surface area contributed by atoms with Crippen LogP contribution in [-0.4, -0.2) is 213 Å². The standard InChI is InChI=1S/C42H62N22O6/c1-7-63-53-35(51-55-63)31-27(65)29(67)39(69-31)61-19-43-25-33(47-41(49-37(25)61)59-15-13-23(17-59)57(3)4)45-21-9-11-22(12-10-21)46-34-26-38(50-42(48-34)60-16-14-24(18-60)58(5)6)62(20-44-26)40-30(68)28(66)32(70-40)36-52-56-64(8-2)54-36/h19-24,27-32,39-40,65-68H,7-18H2,1-6H3,(H,45,47,49)(H,46,48,50)/t21-,22-,23-,24-,27+,28+,29-,30-,31+,32+,39-,40-/m1/s1. The zero-order valence-electron chi connectivity index (χ0n) is 40.1. The summed E-state index contributed by atoms with van der Waals surface area (Å²) in [4.78, 5) is 41.3. The second-order valence-corrected chi connectivity index (χ2v) is 19.5. The van der Waals surface area contributed by atoms with E-state index in [0.717, 1.165) is 64.7 Å². The summed E-state index contributed by atoms with van der Waals surface area (Å²) in [5, 5.41) is 77.3. The van der Waals surface area contributed by atoms with Crippen LogP contribution < -0.4 is 20.4 Å². The lowest BCUT2D eigenvalue weighted by Gasteiger charge is -2.31. The molecule has 28 heteroatoms. The zero-order valence-corrected chi connectivity index (χ0v) is 40.1. The van der Waals surface area contributed by atoms with Crippen LogP contribution in [0.1, 0.15) is 88.7 Å². The Bertz CT molecular complexity index is 2600. The summed E-state index contributed by atoms with van der Waals surface area (Å²) in [6, 6.07) is 0.732. The molecule has 376 valence electrons. The van der Waals surface area contributed by atoms with Gasteiger partial charge in [-0.3, -0.25) is 9.13 Å². The van der Waals surface area contributed by atoms with E-state index in [4.69, 9.17) is 39.4 Å². The van der Waals surface area contributed by atoms with E-state index in [2.05, 4.69) is 89.2 Å². The Morgan fingerprint density at radius 1 is 0.586 bits per heavy atom. The Balaban J connectivity index is 0.843. The van der Waals surface area contributed by atoms with E-state index in [1.807, 2.05) is 13.8 Å². The highest BCUT2D eigenvalue weighted by Crippen LogP contribution is 2.42. The molecule has 1 saturated carbocycles. The molecule has 0 radical (unpaired) electrons. The molecule has 0 amide bonds. The lowest BCUT2D eigenvalue weighted by Crippen LogP contribution is -2.34. The maximum atomic E-state index is 11.4. The van der Waals surface area contributed by atoms with Crippen molar-refractivity contribution >= 4 is 45.9 Å². The van der Waals surface area contributed by atoms with Crippen molar-refractivity contribution in [2.75, 3.05) is 74.8 Å². The molecule has 6 aromatic heterocycles. The number of fused-ring (bicyclic) bond motifs is 2. The van der Waals surface area contributed by atoms with Gasteiger partial charge in [0.25, 0.3) is 0 Å². The predicted molar refractivity (Wildman–Crippen MR) is 249 cm³/mol. The van der Waals surface area contributed by atoms with Gasteiger partial charge in [0, 0.05) is 50.3 Å². The number of imidazole rings is 2. The summed E-state index contributed by atoms with van der Waals surface area (Å²) >= 11 is 0. The van der Waals surface area contributed by atoms with Crippen molar-refractivity contribution in [3.8, 4) is 0 Å². The molecule has 0 bridgehead atoms. The van der Waals surface area contributed by atoms with Crippen molar-refractivity contribution in [2.45, 2.75) is 139 Å². The molecule has 0 unspecified atom stereocenters. The van der Waals surface area contributed by atoms with E-state index in [1.165, 1.54) is 9.59 Å². The maximum Gasteiger partial charge on any atom is 0.229 e. The summed E-state index contributed by atoms with van der Waals surface area (Å²) < 4.78 is 15.8. The summed E-state index contributed by atoms with van der Waals surface area (Å²) in [6.07, 6.45) is -1.17. The van der Waals surface area contributed by atoms with Crippen LogP contribution in [-0.2, 0) is 22.6 Å². The molecular weight excluding hydrogens is 909 g/mol. The third kappa shape index (κ3) is 8.41. The van der Waals surface area contributed by atoms with Crippen LogP contribution in [0.25, 0.3) is 22.3 Å². The largest absolute Gasteiger partial charge is 0.387 e. The SMILES string of the molecule is CCn1nnc([C@H]2O[C@@H](n3cnc4c(N[C@H]5CC[C@H](Nc6nc(N7CC[C@@H](N(C)C)C7)nc7c6ncn7[C@@H]6O[C@H](c7nnn(CC)n7)[C@@H](O)[C@H]6O)CC5)nc(N5CC[C@@H](N(C)C)C5)nc43)[C@H](O)[C@@H]2O)n1. The molecule has 6 N–H and O–H groups in total. The highest BCUT2D eigenvalue weighted by Gasteiger charge is 2.49. The van der Waals surface area contributed by atoms with Crippen molar-refractivity contribution in [3.05, 3.63) is 24.3 Å². The van der Waals surface area contributed by atoms with Gasteiger partial charge in [-0.1, -0.05) is 0 Å². The minimum Gasteiger partial charge on any atom is -0.387 e. The van der Waals surface area contributed by atoms with Crippen LogP contribution in [0.15, 0.2) is 12.7 Å². The maximum absolute atomic E-state index is 11.4. The third-order valence-corrected chi connectivity index (χ3v) is 14.6. The second-order valence-electron chi connectivity index (χ2n) is 19.5. The number of aliphatic hydroxyl groups excluding tert-OH is 4. The lowest BCUT2D eigenvalue weighted by atomic mass is 9.91. The first kappa shape index (κ1) is 46.5. The zero-order chi connectivity index (χ0) is 48.5. The van der Waals surface area contributed by atoms with Gasteiger partial charge in [-0.2, -0.15) is 29.5 Å². The Morgan fingerprint density at radius 3 is 1.36 bits per heavy atom. The Kier molecular flexibility index (Phi) is 12.4. The van der Waals surface area contributed by atoms with Crippen LogP contribution >= 0.6 is 0 Å². The van der Waals surface area contributed by atoms with E-state index >= 15 is 0 Å². The molecule has 5 fully saturated rings. The molecule has 0 spiro atoms. The van der Waals surface area contributed by atoms with Crippen molar-refractivity contribution in [2.24, 2.45) is 0 Å². The smallest absolute Gasteiger partial charge is 0.229 e. The minimum absolute atomic E-state index is 0.0376. The highest BCUT2D eigenvalue weighted by atomic mass is 16.6. The van der Waals surface area contributed by atoms with E-state index < -0.39 is 49.1 Å². The number of hydrogen-bond acceptors (Lipinski definition) is 24. The molecule has 4 aliphatic heterocycles. The fraction of sp³-hybridized carbons (Fsp3) is 0.714. The number of likely N-dealkylation sites (N-methyl/N-ethyl adjacent to an activating group) is 2. The molecule has 1 aliphatic carbocycles. The van der Waals surface area contributed by atoms with Crippen LogP contribution in [0.5, 0.6) is 0 Å². The Labute approximate surface area is 402 Å². The van der Waals surface area contributed by atoms with Crippen molar-refractivity contribution in [3.63, 3.8) is 0 Å². The van der Waals surface area contributed by atoms with Gasteiger partial charge in [-0.25, -0.2) is 9.97 Å². The molecule has 11 rings (SSSR count). The van der Waals surface area contributed by atoms with Gasteiger partial charge in [0.15, 0.2) is 58.6 Å². The molecule has 4 saturated heterocycles. The molecule has 10 atom stereocenters. The monoisotopic (exact) mass is 971 g/mol. The van der Waals surface area contributed by atoms with Crippen molar-refractivity contribution in [1.29, 1.82) is 0 Å². The number of tetrazole rings is 2. The number of nitrogens with zero attached hydrogens (tertiary/aromatic N) is 20. The van der Waals surface area contributed by atoms with E-state index in [0.29, 0.717) is 71.0 Å². The van der Waals surface area contributed by atoms with Crippen LogP contribution in [0.2, 0.25) is 0 Å². The number of nitrogens with one attached hydrogen (secondary N) is 2. The fourth-order valence-corrected chi connectivity index (χ4v) is 10.3. The first-order chi connectivity index (χ1) is 33.8. The number of hydrogen-bond donors (Lipinski definition) is 6. The summed E-state index contributed by atoms with van der Waals surface area (Å²) in [5.74, 6) is 2.58. The number of aryl methyl sites for hydroxylation is 2. The van der Waals surface area contributed by atoms with Gasteiger partial charge in [-0.05, 0) is 91.0 Å². The van der Waals surface area contributed by atoms with E-state index in [-0.39, 0.29) is 23.7 Å². The molecule has 10 heterocycles. The highest BCUT2D eigenvalue weighted by molar-refractivity contribution is 5.85. The first-order valence-corrected chi connectivity index (χ1v) is 24.3. The van der Waals surface area contributed by atoms with Crippen molar-refractivity contribution < 1.29 is 29.9 Å². The summed E-state index contributed by atoms with van der Waals surface area (Å²) in [6.45, 7) is 7.76. The van der Waals surface area contributed by atoms with Crippen LogP contribution in [0, 0.1) is 0 Å². The minimum atomic E-state index is -1.33. The van der Waals surface area contributed by atoms with Gasteiger partial charge in [0.05, 0.1) is 25.7 Å². The molecule has 0 aromatic carbocycles. The number of ether oxygens (including phenoxy) is 2. The normalized spacial score (nSPS) is 30.6. The average molecular weight is 971 g/mol. The van der Waals surface area contributed by atoms with Gasteiger partial charge >= 0.3 is 0 Å². The molecule has 5 aliphatic rings. The number of aromatic nitrogens is 16.